The zero-order chi connectivity index (χ0) is 19.6. The highest BCUT2D eigenvalue weighted by molar-refractivity contribution is 7.89. The molecule has 3 N–H and O–H groups in total. The summed E-state index contributed by atoms with van der Waals surface area (Å²) >= 11 is 0. The number of nitrogens with one attached hydrogen (secondary N) is 3. The summed E-state index contributed by atoms with van der Waals surface area (Å²) in [4.78, 5) is 12.7. The van der Waals surface area contributed by atoms with Gasteiger partial charge in [-0.2, -0.15) is 0 Å². The van der Waals surface area contributed by atoms with Crippen LogP contribution in [-0.2, 0) is 29.7 Å². The Balaban J connectivity index is 0.00000240. The van der Waals surface area contributed by atoms with E-state index in [0.717, 1.165) is 44.3 Å². The Morgan fingerprint density at radius 2 is 1.79 bits per heavy atom. The molecule has 1 heterocycles. The Hall–Kier alpha value is -1.93. The van der Waals surface area contributed by atoms with Gasteiger partial charge in [0, 0.05) is 31.2 Å². The van der Waals surface area contributed by atoms with E-state index in [1.807, 2.05) is 6.07 Å². The number of rotatable bonds is 6. The molecule has 29 heavy (non-hydrogen) atoms. The summed E-state index contributed by atoms with van der Waals surface area (Å²) in [5.74, 6) is -0.281. The van der Waals surface area contributed by atoms with Crippen LogP contribution >= 0.6 is 12.4 Å². The molecule has 1 amide bonds. The molecule has 0 radical (unpaired) electrons. The Morgan fingerprint density at radius 1 is 1.03 bits per heavy atom. The van der Waals surface area contributed by atoms with Gasteiger partial charge < -0.3 is 10.6 Å². The smallest absolute Gasteiger partial charge is 0.251 e. The van der Waals surface area contributed by atoms with Crippen LogP contribution in [0.4, 0.5) is 0 Å². The van der Waals surface area contributed by atoms with Crippen LogP contribution < -0.4 is 15.4 Å². The van der Waals surface area contributed by atoms with Crippen LogP contribution in [-0.4, -0.2) is 20.4 Å². The third kappa shape index (κ3) is 5.17. The Bertz CT molecular complexity index is 988. The van der Waals surface area contributed by atoms with Crippen LogP contribution in [0.3, 0.4) is 0 Å². The molecular weight excluding hydrogens is 410 g/mol. The van der Waals surface area contributed by atoms with Gasteiger partial charge in [0.05, 0.1) is 4.90 Å². The van der Waals surface area contributed by atoms with Crippen molar-refractivity contribution >= 4 is 28.3 Å². The van der Waals surface area contributed by atoms with Crippen molar-refractivity contribution in [2.24, 2.45) is 0 Å². The van der Waals surface area contributed by atoms with Gasteiger partial charge in [0.2, 0.25) is 10.0 Å². The van der Waals surface area contributed by atoms with Crippen LogP contribution in [0.15, 0.2) is 47.4 Å². The number of fused-ring (bicyclic) bond motifs is 1. The lowest BCUT2D eigenvalue weighted by Crippen LogP contribution is -2.32. The zero-order valence-electron chi connectivity index (χ0n) is 16.1. The van der Waals surface area contributed by atoms with E-state index in [2.05, 4.69) is 27.5 Å². The molecule has 156 valence electrons. The Labute approximate surface area is 177 Å². The summed E-state index contributed by atoms with van der Waals surface area (Å²) in [6, 6.07) is 12.4. The van der Waals surface area contributed by atoms with Crippen molar-refractivity contribution in [3.05, 3.63) is 64.7 Å². The van der Waals surface area contributed by atoms with Crippen LogP contribution in [0, 0.1) is 0 Å². The second-order valence-corrected chi connectivity index (χ2v) is 9.23. The fraction of sp³-hybridized carbons (Fsp3) is 0.381. The van der Waals surface area contributed by atoms with Crippen molar-refractivity contribution in [3.63, 3.8) is 0 Å². The van der Waals surface area contributed by atoms with E-state index in [0.29, 0.717) is 12.1 Å². The lowest BCUT2D eigenvalue weighted by atomic mass is 10.1. The number of hydrogen-bond donors (Lipinski definition) is 3. The highest BCUT2D eigenvalue weighted by Gasteiger charge is 2.23. The number of sulfonamides is 1. The van der Waals surface area contributed by atoms with Crippen molar-refractivity contribution in [2.45, 2.75) is 56.3 Å². The third-order valence-electron chi connectivity index (χ3n) is 5.44. The Kier molecular flexibility index (Phi) is 6.95. The van der Waals surface area contributed by atoms with Gasteiger partial charge in [0.25, 0.3) is 5.91 Å². The Morgan fingerprint density at radius 3 is 2.59 bits per heavy atom. The quantitative estimate of drug-likeness (QED) is 0.651. The number of hydrogen-bond acceptors (Lipinski definition) is 4. The summed E-state index contributed by atoms with van der Waals surface area (Å²) in [5.41, 5.74) is 3.93. The number of halogens is 1. The van der Waals surface area contributed by atoms with E-state index < -0.39 is 10.0 Å². The first-order valence-electron chi connectivity index (χ1n) is 9.73. The SMILES string of the molecule is Cl.O=C(NCc1ccc2c(c1)CNC2)c1cccc(S(=O)(=O)NC2CCCC2)c1. The first kappa shape index (κ1) is 21.8. The molecule has 1 fully saturated rings. The van der Waals surface area contributed by atoms with Crippen molar-refractivity contribution in [1.82, 2.24) is 15.4 Å². The molecular formula is C21H26ClN3O3S. The summed E-state index contributed by atoms with van der Waals surface area (Å²) < 4.78 is 28.0. The first-order chi connectivity index (χ1) is 13.5. The number of amides is 1. The van der Waals surface area contributed by atoms with Crippen LogP contribution in [0.1, 0.15) is 52.7 Å². The molecule has 2 aromatic carbocycles. The van der Waals surface area contributed by atoms with Crippen LogP contribution in [0.25, 0.3) is 0 Å². The summed E-state index contributed by atoms with van der Waals surface area (Å²) in [6.07, 6.45) is 3.84. The highest BCUT2D eigenvalue weighted by atomic mass is 35.5. The predicted octanol–water partition coefficient (Wildman–Crippen LogP) is 2.86. The number of carbonyl (C=O) groups is 1. The minimum atomic E-state index is -3.61. The largest absolute Gasteiger partial charge is 0.348 e. The first-order valence-corrected chi connectivity index (χ1v) is 11.2. The van der Waals surface area contributed by atoms with Gasteiger partial charge in [0.1, 0.15) is 0 Å². The maximum atomic E-state index is 12.6. The van der Waals surface area contributed by atoms with Gasteiger partial charge in [-0.25, -0.2) is 13.1 Å². The lowest BCUT2D eigenvalue weighted by molar-refractivity contribution is 0.0950. The maximum Gasteiger partial charge on any atom is 0.251 e. The van der Waals surface area contributed by atoms with Gasteiger partial charge in [0.15, 0.2) is 0 Å². The summed E-state index contributed by atoms with van der Waals surface area (Å²) in [7, 11) is -3.61. The summed E-state index contributed by atoms with van der Waals surface area (Å²) in [6.45, 7) is 2.15. The van der Waals surface area contributed by atoms with E-state index in [9.17, 15) is 13.2 Å². The average Bonchev–Trinajstić information content (AvgIpc) is 3.37. The average molecular weight is 436 g/mol. The minimum absolute atomic E-state index is 0. The standard InChI is InChI=1S/C21H25N3O3S.ClH/c25-21(23-12-15-8-9-17-13-22-14-18(17)10-15)16-4-3-7-20(11-16)28(26,27)24-19-5-1-2-6-19;/h3-4,7-11,19,22,24H,1-2,5-6,12-14H2,(H,23,25);1H. The van der Waals surface area contributed by atoms with Crippen molar-refractivity contribution in [1.29, 1.82) is 0 Å². The fourth-order valence-electron chi connectivity index (χ4n) is 3.88. The second-order valence-electron chi connectivity index (χ2n) is 7.52. The lowest BCUT2D eigenvalue weighted by Gasteiger charge is -2.13. The molecule has 0 spiro atoms. The van der Waals surface area contributed by atoms with E-state index in [1.165, 1.54) is 23.3 Å². The van der Waals surface area contributed by atoms with Gasteiger partial charge >= 0.3 is 0 Å². The second kappa shape index (κ2) is 9.26. The normalized spacial score (nSPS) is 16.3. The monoisotopic (exact) mass is 435 g/mol. The van der Waals surface area contributed by atoms with Gasteiger partial charge in [-0.15, -0.1) is 12.4 Å². The zero-order valence-corrected chi connectivity index (χ0v) is 17.7. The van der Waals surface area contributed by atoms with Crippen molar-refractivity contribution < 1.29 is 13.2 Å². The van der Waals surface area contributed by atoms with Crippen molar-refractivity contribution in [2.75, 3.05) is 0 Å². The van der Waals surface area contributed by atoms with Gasteiger partial charge in [-0.1, -0.05) is 37.1 Å². The van der Waals surface area contributed by atoms with E-state index in [-0.39, 0.29) is 29.3 Å². The molecule has 0 unspecified atom stereocenters. The fourth-order valence-corrected chi connectivity index (χ4v) is 5.23. The number of benzene rings is 2. The molecule has 0 bridgehead atoms. The minimum Gasteiger partial charge on any atom is -0.348 e. The third-order valence-corrected chi connectivity index (χ3v) is 6.96. The predicted molar refractivity (Wildman–Crippen MR) is 114 cm³/mol. The molecule has 1 saturated carbocycles. The van der Waals surface area contributed by atoms with Gasteiger partial charge in [-0.05, 0) is 47.7 Å². The van der Waals surface area contributed by atoms with Crippen LogP contribution in [0.5, 0.6) is 0 Å². The molecule has 1 aliphatic heterocycles. The molecule has 2 aromatic rings. The van der Waals surface area contributed by atoms with Crippen molar-refractivity contribution in [3.8, 4) is 0 Å². The summed E-state index contributed by atoms with van der Waals surface area (Å²) in [5, 5.41) is 6.19. The van der Waals surface area contributed by atoms with E-state index in [1.54, 1.807) is 12.1 Å². The molecule has 0 aromatic heterocycles. The topological polar surface area (TPSA) is 87.3 Å². The highest BCUT2D eigenvalue weighted by Crippen LogP contribution is 2.21. The molecule has 4 rings (SSSR count). The molecule has 2 aliphatic rings. The van der Waals surface area contributed by atoms with Gasteiger partial charge in [-0.3, -0.25) is 4.79 Å². The molecule has 1 aliphatic carbocycles. The number of carbonyl (C=O) groups excluding carboxylic acids is 1. The maximum absolute atomic E-state index is 12.6. The van der Waals surface area contributed by atoms with E-state index in [4.69, 9.17) is 0 Å². The molecule has 0 atom stereocenters. The molecule has 0 saturated heterocycles. The molecule has 8 heteroatoms. The van der Waals surface area contributed by atoms with E-state index >= 15 is 0 Å². The molecule has 6 nitrogen and oxygen atoms in total. The van der Waals surface area contributed by atoms with Crippen LogP contribution in [0.2, 0.25) is 0 Å².